The normalized spacial score (nSPS) is 13.1. The van der Waals surface area contributed by atoms with Crippen molar-refractivity contribution in [3.05, 3.63) is 0 Å². The van der Waals surface area contributed by atoms with Crippen molar-refractivity contribution in [3.8, 4) is 0 Å². The van der Waals surface area contributed by atoms with Crippen LogP contribution in [-0.2, 0) is 9.53 Å². The van der Waals surface area contributed by atoms with E-state index in [1.165, 1.54) is 7.11 Å². The van der Waals surface area contributed by atoms with E-state index in [1.807, 2.05) is 18.9 Å². The van der Waals surface area contributed by atoms with Gasteiger partial charge in [0, 0.05) is 12.6 Å². The molecule has 0 fully saturated rings. The zero-order valence-corrected chi connectivity index (χ0v) is 7.91. The van der Waals surface area contributed by atoms with Crippen LogP contribution >= 0.6 is 0 Å². The van der Waals surface area contributed by atoms with Crippen molar-refractivity contribution in [2.24, 2.45) is 0 Å². The van der Waals surface area contributed by atoms with Gasteiger partial charge in [0.2, 0.25) is 0 Å². The SMILES string of the molecule is COC(=O)CCN(C)C(C)CO. The van der Waals surface area contributed by atoms with E-state index >= 15 is 0 Å². The van der Waals surface area contributed by atoms with Gasteiger partial charge in [-0.25, -0.2) is 0 Å². The molecule has 1 N–H and O–H groups in total. The Morgan fingerprint density at radius 2 is 2.25 bits per heavy atom. The van der Waals surface area contributed by atoms with Crippen LogP contribution in [0, 0.1) is 0 Å². The van der Waals surface area contributed by atoms with Crippen LogP contribution in [0.3, 0.4) is 0 Å². The Kier molecular flexibility index (Phi) is 5.66. The topological polar surface area (TPSA) is 49.8 Å². The van der Waals surface area contributed by atoms with Gasteiger partial charge in [0.25, 0.3) is 0 Å². The zero-order chi connectivity index (χ0) is 9.56. The molecule has 0 rings (SSSR count). The highest BCUT2D eigenvalue weighted by atomic mass is 16.5. The molecule has 0 aromatic carbocycles. The van der Waals surface area contributed by atoms with E-state index in [9.17, 15) is 4.79 Å². The van der Waals surface area contributed by atoms with Crippen molar-refractivity contribution in [3.63, 3.8) is 0 Å². The second kappa shape index (κ2) is 5.97. The molecule has 0 aromatic rings. The van der Waals surface area contributed by atoms with Crippen molar-refractivity contribution in [2.45, 2.75) is 19.4 Å². The van der Waals surface area contributed by atoms with Gasteiger partial charge in [-0.05, 0) is 14.0 Å². The number of aliphatic hydroxyl groups is 1. The third kappa shape index (κ3) is 4.31. The summed E-state index contributed by atoms with van der Waals surface area (Å²) in [5, 5.41) is 8.77. The Bertz CT molecular complexity index is 138. The van der Waals surface area contributed by atoms with Crippen molar-refractivity contribution in [2.75, 3.05) is 27.3 Å². The van der Waals surface area contributed by atoms with Crippen molar-refractivity contribution >= 4 is 5.97 Å². The molecule has 0 aromatic heterocycles. The highest BCUT2D eigenvalue weighted by molar-refractivity contribution is 5.69. The Labute approximate surface area is 73.1 Å². The summed E-state index contributed by atoms with van der Waals surface area (Å²) in [4.78, 5) is 12.6. The highest BCUT2D eigenvalue weighted by Crippen LogP contribution is 1.96. The second-order valence-electron chi connectivity index (χ2n) is 2.84. The number of ether oxygens (including phenoxy) is 1. The van der Waals surface area contributed by atoms with Crippen molar-refractivity contribution in [1.82, 2.24) is 4.90 Å². The van der Waals surface area contributed by atoms with Gasteiger partial charge in [0.1, 0.15) is 0 Å². The molecule has 72 valence electrons. The van der Waals surface area contributed by atoms with Crippen LogP contribution in [0.4, 0.5) is 0 Å². The van der Waals surface area contributed by atoms with Crippen LogP contribution in [-0.4, -0.2) is 49.3 Å². The molecule has 0 saturated carbocycles. The summed E-state index contributed by atoms with van der Waals surface area (Å²) in [6.07, 6.45) is 0.372. The molecule has 0 aliphatic rings. The lowest BCUT2D eigenvalue weighted by Crippen LogP contribution is -2.33. The highest BCUT2D eigenvalue weighted by Gasteiger charge is 2.09. The van der Waals surface area contributed by atoms with Gasteiger partial charge in [0.15, 0.2) is 0 Å². The Balaban J connectivity index is 3.56. The van der Waals surface area contributed by atoms with Gasteiger partial charge in [-0.15, -0.1) is 0 Å². The molecular formula is C8H17NO3. The molecule has 0 aliphatic heterocycles. The molecule has 1 atom stereocenters. The third-order valence-electron chi connectivity index (χ3n) is 1.91. The molecule has 1 unspecified atom stereocenters. The fourth-order valence-electron chi connectivity index (χ4n) is 0.729. The van der Waals surface area contributed by atoms with E-state index in [2.05, 4.69) is 4.74 Å². The van der Waals surface area contributed by atoms with Crippen LogP contribution in [0.1, 0.15) is 13.3 Å². The first-order chi connectivity index (χ1) is 5.61. The van der Waals surface area contributed by atoms with Crippen LogP contribution in [0.15, 0.2) is 0 Å². The molecule has 0 aliphatic carbocycles. The molecule has 4 heteroatoms. The lowest BCUT2D eigenvalue weighted by atomic mass is 10.3. The smallest absolute Gasteiger partial charge is 0.306 e. The van der Waals surface area contributed by atoms with E-state index in [0.29, 0.717) is 13.0 Å². The largest absolute Gasteiger partial charge is 0.469 e. The number of hydrogen-bond donors (Lipinski definition) is 1. The van der Waals surface area contributed by atoms with Gasteiger partial charge < -0.3 is 14.7 Å². The summed E-state index contributed by atoms with van der Waals surface area (Å²) in [6.45, 7) is 2.63. The number of rotatable bonds is 5. The molecule has 0 spiro atoms. The van der Waals surface area contributed by atoms with Crippen molar-refractivity contribution in [1.29, 1.82) is 0 Å². The summed E-state index contributed by atoms with van der Waals surface area (Å²) in [7, 11) is 3.24. The first kappa shape index (κ1) is 11.4. The summed E-state index contributed by atoms with van der Waals surface area (Å²) in [5.74, 6) is -0.216. The summed E-state index contributed by atoms with van der Waals surface area (Å²) in [6, 6.07) is 0.0923. The average molecular weight is 175 g/mol. The fraction of sp³-hybridized carbons (Fsp3) is 0.875. The molecule has 0 amide bonds. The molecule has 0 heterocycles. The summed E-state index contributed by atoms with van der Waals surface area (Å²) in [5.41, 5.74) is 0. The quantitative estimate of drug-likeness (QED) is 0.591. The predicted octanol–water partition coefficient (Wildman–Crippen LogP) is -0.138. The van der Waals surface area contributed by atoms with E-state index < -0.39 is 0 Å². The van der Waals surface area contributed by atoms with Crippen LogP contribution in [0.25, 0.3) is 0 Å². The second-order valence-corrected chi connectivity index (χ2v) is 2.84. The van der Waals surface area contributed by atoms with Crippen LogP contribution in [0.5, 0.6) is 0 Å². The minimum absolute atomic E-state index is 0.0923. The number of carbonyl (C=O) groups is 1. The molecule has 0 saturated heterocycles. The van der Waals surface area contributed by atoms with Gasteiger partial charge in [-0.2, -0.15) is 0 Å². The Morgan fingerprint density at radius 1 is 1.67 bits per heavy atom. The molecule has 0 radical (unpaired) electrons. The first-order valence-corrected chi connectivity index (χ1v) is 3.99. The Hall–Kier alpha value is -0.610. The standard InChI is InChI=1S/C8H17NO3/c1-7(6-10)9(2)5-4-8(11)12-3/h7,10H,4-6H2,1-3H3. The third-order valence-corrected chi connectivity index (χ3v) is 1.91. The van der Waals surface area contributed by atoms with Crippen molar-refractivity contribution < 1.29 is 14.6 Å². The number of hydrogen-bond acceptors (Lipinski definition) is 4. The lowest BCUT2D eigenvalue weighted by molar-refractivity contribution is -0.141. The molecular weight excluding hydrogens is 158 g/mol. The lowest BCUT2D eigenvalue weighted by Gasteiger charge is -2.21. The van der Waals surface area contributed by atoms with Gasteiger partial charge >= 0.3 is 5.97 Å². The maximum atomic E-state index is 10.7. The van der Waals surface area contributed by atoms with Gasteiger partial charge in [0.05, 0.1) is 20.1 Å². The predicted molar refractivity (Wildman–Crippen MR) is 45.8 cm³/mol. The minimum atomic E-state index is -0.216. The maximum absolute atomic E-state index is 10.7. The molecule has 4 nitrogen and oxygen atoms in total. The number of carbonyl (C=O) groups excluding carboxylic acids is 1. The number of esters is 1. The van der Waals surface area contributed by atoms with Gasteiger partial charge in [-0.3, -0.25) is 4.79 Å². The minimum Gasteiger partial charge on any atom is -0.469 e. The number of methoxy groups -OCH3 is 1. The molecule has 12 heavy (non-hydrogen) atoms. The fourth-order valence-corrected chi connectivity index (χ4v) is 0.729. The average Bonchev–Trinajstić information content (AvgIpc) is 2.11. The van der Waals surface area contributed by atoms with E-state index in [0.717, 1.165) is 0 Å². The number of nitrogens with zero attached hydrogens (tertiary/aromatic N) is 1. The van der Waals surface area contributed by atoms with Crippen LogP contribution in [0.2, 0.25) is 0 Å². The van der Waals surface area contributed by atoms with E-state index in [1.54, 1.807) is 0 Å². The first-order valence-electron chi connectivity index (χ1n) is 3.99. The van der Waals surface area contributed by atoms with Gasteiger partial charge in [-0.1, -0.05) is 0 Å². The maximum Gasteiger partial charge on any atom is 0.306 e. The summed E-state index contributed by atoms with van der Waals surface area (Å²) < 4.78 is 4.49. The van der Waals surface area contributed by atoms with Crippen LogP contribution < -0.4 is 0 Å². The van der Waals surface area contributed by atoms with E-state index in [-0.39, 0.29) is 18.6 Å². The number of likely N-dealkylation sites (N-methyl/N-ethyl adjacent to an activating group) is 1. The zero-order valence-electron chi connectivity index (χ0n) is 7.91. The molecule has 0 bridgehead atoms. The monoisotopic (exact) mass is 175 g/mol. The number of aliphatic hydroxyl groups excluding tert-OH is 1. The Morgan fingerprint density at radius 3 is 2.67 bits per heavy atom. The van der Waals surface area contributed by atoms with E-state index in [4.69, 9.17) is 5.11 Å². The summed E-state index contributed by atoms with van der Waals surface area (Å²) >= 11 is 0.